The number of amides is 1. The molecule has 0 fully saturated rings. The maximum atomic E-state index is 12.2. The fourth-order valence-corrected chi connectivity index (χ4v) is 2.11. The van der Waals surface area contributed by atoms with E-state index in [-0.39, 0.29) is 13.1 Å². The van der Waals surface area contributed by atoms with Gasteiger partial charge in [-0.3, -0.25) is 4.79 Å². The van der Waals surface area contributed by atoms with Crippen molar-refractivity contribution in [2.75, 3.05) is 13.7 Å². The normalized spacial score (nSPS) is 14.7. The van der Waals surface area contributed by atoms with Crippen molar-refractivity contribution in [3.63, 3.8) is 0 Å². The number of carbonyl (C=O) groups is 2. The molecule has 3 atom stereocenters. The highest BCUT2D eigenvalue weighted by molar-refractivity contribution is 6.20. The third-order valence-electron chi connectivity index (χ3n) is 3.12. The van der Waals surface area contributed by atoms with E-state index in [9.17, 15) is 19.8 Å². The van der Waals surface area contributed by atoms with E-state index in [1.54, 1.807) is 31.2 Å². The molecule has 0 bridgehead atoms. The van der Waals surface area contributed by atoms with Crippen molar-refractivity contribution < 1.29 is 29.6 Å². The SMILES string of the molecule is COc1ccc(CN(CC(C)Cl)C(=O)C(O)C(O)C(=O)O)cc1. The lowest BCUT2D eigenvalue weighted by molar-refractivity contribution is -0.162. The van der Waals surface area contributed by atoms with Gasteiger partial charge in [0.25, 0.3) is 5.91 Å². The summed E-state index contributed by atoms with van der Waals surface area (Å²) in [5.41, 5.74) is 0.744. The molecule has 1 aromatic rings. The molecule has 0 saturated heterocycles. The Labute approximate surface area is 139 Å². The third-order valence-corrected chi connectivity index (χ3v) is 3.26. The van der Waals surface area contributed by atoms with E-state index < -0.39 is 29.5 Å². The van der Waals surface area contributed by atoms with Crippen LogP contribution in [0.15, 0.2) is 24.3 Å². The largest absolute Gasteiger partial charge is 0.497 e. The maximum absolute atomic E-state index is 12.2. The van der Waals surface area contributed by atoms with Gasteiger partial charge in [0, 0.05) is 18.5 Å². The number of aliphatic hydroxyl groups is 2. The van der Waals surface area contributed by atoms with Crippen molar-refractivity contribution in [2.45, 2.75) is 31.1 Å². The van der Waals surface area contributed by atoms with Crippen molar-refractivity contribution in [1.29, 1.82) is 0 Å². The van der Waals surface area contributed by atoms with Crippen LogP contribution >= 0.6 is 11.6 Å². The third kappa shape index (κ3) is 5.70. The molecule has 3 N–H and O–H groups in total. The van der Waals surface area contributed by atoms with Crippen molar-refractivity contribution in [1.82, 2.24) is 4.90 Å². The maximum Gasteiger partial charge on any atom is 0.335 e. The van der Waals surface area contributed by atoms with Gasteiger partial charge in [-0.1, -0.05) is 12.1 Å². The molecule has 0 aliphatic carbocycles. The van der Waals surface area contributed by atoms with Crippen LogP contribution in [0.25, 0.3) is 0 Å². The Morgan fingerprint density at radius 1 is 1.22 bits per heavy atom. The molecule has 1 rings (SSSR count). The number of nitrogens with zero attached hydrogens (tertiary/aromatic N) is 1. The van der Waals surface area contributed by atoms with Gasteiger partial charge in [-0.05, 0) is 24.6 Å². The van der Waals surface area contributed by atoms with Gasteiger partial charge in [-0.2, -0.15) is 0 Å². The van der Waals surface area contributed by atoms with Crippen molar-refractivity contribution in [3.8, 4) is 5.75 Å². The summed E-state index contributed by atoms with van der Waals surface area (Å²) in [6.07, 6.45) is -4.24. The number of carboxylic acids is 1. The summed E-state index contributed by atoms with van der Waals surface area (Å²) >= 11 is 5.90. The molecule has 7 nitrogen and oxygen atoms in total. The molecule has 3 unspecified atom stereocenters. The van der Waals surface area contributed by atoms with Gasteiger partial charge in [0.2, 0.25) is 0 Å². The first-order valence-corrected chi connectivity index (χ1v) is 7.34. The van der Waals surface area contributed by atoms with Crippen LogP contribution in [0, 0.1) is 0 Å². The summed E-state index contributed by atoms with van der Waals surface area (Å²) in [7, 11) is 1.53. The monoisotopic (exact) mass is 345 g/mol. The summed E-state index contributed by atoms with van der Waals surface area (Å²) < 4.78 is 5.04. The summed E-state index contributed by atoms with van der Waals surface area (Å²) in [4.78, 5) is 24.1. The van der Waals surface area contributed by atoms with Crippen LogP contribution in [0.2, 0.25) is 0 Å². The lowest BCUT2D eigenvalue weighted by atomic mass is 10.1. The number of methoxy groups -OCH3 is 1. The zero-order valence-corrected chi connectivity index (χ0v) is 13.6. The Morgan fingerprint density at radius 3 is 2.22 bits per heavy atom. The van der Waals surface area contributed by atoms with E-state index in [1.165, 1.54) is 12.0 Å². The molecule has 0 aromatic heterocycles. The number of hydrogen-bond acceptors (Lipinski definition) is 5. The Kier molecular flexibility index (Phi) is 7.28. The first-order valence-electron chi connectivity index (χ1n) is 6.91. The van der Waals surface area contributed by atoms with Crippen LogP contribution in [0.3, 0.4) is 0 Å². The van der Waals surface area contributed by atoms with E-state index >= 15 is 0 Å². The zero-order chi connectivity index (χ0) is 17.6. The number of ether oxygens (including phenoxy) is 1. The Bertz CT molecular complexity index is 533. The number of aliphatic carboxylic acids is 1. The predicted molar refractivity (Wildman–Crippen MR) is 83.4 cm³/mol. The van der Waals surface area contributed by atoms with Crippen LogP contribution in [0.5, 0.6) is 5.75 Å². The van der Waals surface area contributed by atoms with Gasteiger partial charge in [0.1, 0.15) is 5.75 Å². The highest BCUT2D eigenvalue weighted by Gasteiger charge is 2.33. The van der Waals surface area contributed by atoms with Crippen LogP contribution < -0.4 is 4.74 Å². The van der Waals surface area contributed by atoms with E-state index in [0.29, 0.717) is 5.75 Å². The van der Waals surface area contributed by atoms with E-state index in [1.807, 2.05) is 0 Å². The molecule has 0 aliphatic rings. The topological polar surface area (TPSA) is 107 Å². The van der Waals surface area contributed by atoms with Crippen molar-refractivity contribution in [2.24, 2.45) is 0 Å². The Balaban J connectivity index is 2.89. The van der Waals surface area contributed by atoms with Gasteiger partial charge < -0.3 is 25.0 Å². The van der Waals surface area contributed by atoms with Gasteiger partial charge in [-0.15, -0.1) is 11.6 Å². The Hall–Kier alpha value is -1.83. The molecule has 1 aromatic carbocycles. The van der Waals surface area contributed by atoms with Crippen LogP contribution in [-0.4, -0.2) is 63.3 Å². The van der Waals surface area contributed by atoms with E-state index in [2.05, 4.69) is 0 Å². The second kappa shape index (κ2) is 8.71. The predicted octanol–water partition coefficient (Wildman–Crippen LogP) is 0.457. The lowest BCUT2D eigenvalue weighted by Gasteiger charge is -2.27. The summed E-state index contributed by atoms with van der Waals surface area (Å²) in [6.45, 7) is 1.87. The number of aliphatic hydroxyl groups excluding tert-OH is 2. The van der Waals surface area contributed by atoms with Gasteiger partial charge >= 0.3 is 5.97 Å². The molecule has 0 radical (unpaired) electrons. The van der Waals surface area contributed by atoms with Crippen LogP contribution in [0.4, 0.5) is 0 Å². The molecule has 128 valence electrons. The minimum Gasteiger partial charge on any atom is -0.497 e. The number of benzene rings is 1. The smallest absolute Gasteiger partial charge is 0.335 e. The average Bonchev–Trinajstić information content (AvgIpc) is 2.52. The lowest BCUT2D eigenvalue weighted by Crippen LogP contribution is -2.48. The molecule has 0 aliphatic heterocycles. The summed E-state index contributed by atoms with van der Waals surface area (Å²) in [5.74, 6) is -1.92. The van der Waals surface area contributed by atoms with Crippen molar-refractivity contribution >= 4 is 23.5 Å². The second-order valence-corrected chi connectivity index (χ2v) is 5.82. The molecule has 0 heterocycles. The number of halogens is 1. The summed E-state index contributed by atoms with van der Waals surface area (Å²) in [6, 6.07) is 6.89. The molecule has 23 heavy (non-hydrogen) atoms. The Morgan fingerprint density at radius 2 is 1.78 bits per heavy atom. The fourth-order valence-electron chi connectivity index (χ4n) is 1.94. The van der Waals surface area contributed by atoms with Gasteiger partial charge in [-0.25, -0.2) is 4.79 Å². The van der Waals surface area contributed by atoms with Crippen LogP contribution in [0.1, 0.15) is 12.5 Å². The minimum atomic E-state index is -2.19. The molecule has 0 saturated carbocycles. The van der Waals surface area contributed by atoms with E-state index in [0.717, 1.165) is 5.56 Å². The summed E-state index contributed by atoms with van der Waals surface area (Å²) in [5, 5.41) is 27.3. The number of hydrogen-bond donors (Lipinski definition) is 3. The highest BCUT2D eigenvalue weighted by atomic mass is 35.5. The quantitative estimate of drug-likeness (QED) is 0.591. The number of rotatable bonds is 8. The van der Waals surface area contributed by atoms with Crippen molar-refractivity contribution in [3.05, 3.63) is 29.8 Å². The molecular formula is C15H20ClNO6. The number of carbonyl (C=O) groups excluding carboxylic acids is 1. The number of alkyl halides is 1. The van der Waals surface area contributed by atoms with Gasteiger partial charge in [0.15, 0.2) is 12.2 Å². The highest BCUT2D eigenvalue weighted by Crippen LogP contribution is 2.15. The van der Waals surface area contributed by atoms with E-state index in [4.69, 9.17) is 21.4 Å². The fraction of sp³-hybridized carbons (Fsp3) is 0.467. The van der Waals surface area contributed by atoms with Crippen LogP contribution in [-0.2, 0) is 16.1 Å². The molecule has 0 spiro atoms. The average molecular weight is 346 g/mol. The molecule has 8 heteroatoms. The standard InChI is InChI=1S/C15H20ClNO6/c1-9(16)7-17(14(20)12(18)13(19)15(21)22)8-10-3-5-11(23-2)6-4-10/h3-6,9,12-13,18-19H,7-8H2,1-2H3,(H,21,22). The first-order chi connectivity index (χ1) is 10.8. The zero-order valence-electron chi connectivity index (χ0n) is 12.8. The number of carboxylic acid groups (broad SMARTS) is 1. The minimum absolute atomic E-state index is 0.0931. The molecule has 1 amide bonds. The second-order valence-electron chi connectivity index (χ2n) is 5.08. The first kappa shape index (κ1) is 19.2. The molecular weight excluding hydrogens is 326 g/mol. The van der Waals surface area contributed by atoms with Gasteiger partial charge in [0.05, 0.1) is 7.11 Å².